The maximum absolute atomic E-state index is 12.2. The van der Waals surface area contributed by atoms with E-state index in [2.05, 4.69) is 6.92 Å². The highest BCUT2D eigenvalue weighted by Crippen LogP contribution is 2.17. The van der Waals surface area contributed by atoms with Crippen molar-refractivity contribution in [1.82, 2.24) is 0 Å². The highest BCUT2D eigenvalue weighted by atomic mass is 16.6. The van der Waals surface area contributed by atoms with Crippen LogP contribution in [0.4, 0.5) is 0 Å². The molecule has 1 atom stereocenters. The minimum Gasteiger partial charge on any atom is -0.460 e. The molecule has 1 rings (SSSR count). The minimum absolute atomic E-state index is 0.162. The number of ketones is 1. The lowest BCUT2D eigenvalue weighted by molar-refractivity contribution is -0.154. The zero-order valence-corrected chi connectivity index (χ0v) is 14.4. The molecular formula is C19H28O3. The number of hydrogen-bond acceptors (Lipinski definition) is 3. The quantitative estimate of drug-likeness (QED) is 0.541. The third-order valence-corrected chi connectivity index (χ3v) is 3.41. The zero-order valence-electron chi connectivity index (χ0n) is 14.4. The summed E-state index contributed by atoms with van der Waals surface area (Å²) in [7, 11) is 0. The van der Waals surface area contributed by atoms with Crippen LogP contribution >= 0.6 is 0 Å². The van der Waals surface area contributed by atoms with E-state index in [-0.39, 0.29) is 17.7 Å². The number of carbonyl (C=O) groups is 2. The summed E-state index contributed by atoms with van der Waals surface area (Å²) in [6, 6.07) is 7.68. The monoisotopic (exact) mass is 304 g/mol. The second-order valence-electron chi connectivity index (χ2n) is 7.08. The van der Waals surface area contributed by atoms with Crippen molar-refractivity contribution in [2.45, 2.75) is 65.9 Å². The van der Waals surface area contributed by atoms with Crippen LogP contribution in [0.1, 0.15) is 69.3 Å². The first-order chi connectivity index (χ1) is 10.2. The Morgan fingerprint density at radius 3 is 2.27 bits per heavy atom. The number of esters is 1. The van der Waals surface area contributed by atoms with Crippen molar-refractivity contribution >= 4 is 11.8 Å². The molecule has 3 nitrogen and oxygen atoms in total. The van der Waals surface area contributed by atoms with E-state index in [1.165, 1.54) is 0 Å². The number of Topliss-reactive ketones (excluding diaryl/α,β-unsaturated/α-hetero) is 1. The lowest BCUT2D eigenvalue weighted by atomic mass is 9.95. The van der Waals surface area contributed by atoms with Crippen LogP contribution in [0.15, 0.2) is 24.3 Å². The van der Waals surface area contributed by atoms with Gasteiger partial charge in [-0.05, 0) is 46.5 Å². The summed E-state index contributed by atoms with van der Waals surface area (Å²) in [4.78, 5) is 23.8. The van der Waals surface area contributed by atoms with E-state index in [1.54, 1.807) is 0 Å². The van der Waals surface area contributed by atoms with E-state index >= 15 is 0 Å². The van der Waals surface area contributed by atoms with Crippen molar-refractivity contribution in [3.05, 3.63) is 35.4 Å². The fraction of sp³-hybridized carbons (Fsp3) is 0.579. The fourth-order valence-electron chi connectivity index (χ4n) is 2.26. The largest absolute Gasteiger partial charge is 0.460 e. The van der Waals surface area contributed by atoms with Gasteiger partial charge in [-0.3, -0.25) is 9.59 Å². The Morgan fingerprint density at radius 1 is 1.14 bits per heavy atom. The van der Waals surface area contributed by atoms with Crippen LogP contribution in [-0.2, 0) is 9.53 Å². The van der Waals surface area contributed by atoms with Crippen molar-refractivity contribution in [3.8, 4) is 0 Å². The van der Waals surface area contributed by atoms with Crippen LogP contribution in [0.2, 0.25) is 0 Å². The molecule has 122 valence electrons. The van der Waals surface area contributed by atoms with Crippen molar-refractivity contribution in [2.75, 3.05) is 0 Å². The molecule has 0 radical (unpaired) electrons. The topological polar surface area (TPSA) is 43.4 Å². The summed E-state index contributed by atoms with van der Waals surface area (Å²) in [5, 5.41) is 0. The molecule has 1 unspecified atom stereocenters. The molecule has 1 aromatic carbocycles. The molecule has 0 amide bonds. The van der Waals surface area contributed by atoms with Crippen molar-refractivity contribution < 1.29 is 14.3 Å². The van der Waals surface area contributed by atoms with Gasteiger partial charge in [-0.2, -0.15) is 0 Å². The Labute approximate surface area is 134 Å². The molecule has 22 heavy (non-hydrogen) atoms. The average Bonchev–Trinajstić information content (AvgIpc) is 2.37. The number of benzene rings is 1. The van der Waals surface area contributed by atoms with Gasteiger partial charge in [0, 0.05) is 18.4 Å². The Hall–Kier alpha value is -1.64. The molecule has 0 fully saturated rings. The molecule has 0 N–H and O–H groups in total. The molecule has 1 aromatic rings. The smallest absolute Gasteiger partial charge is 0.306 e. The highest BCUT2D eigenvalue weighted by molar-refractivity contribution is 5.96. The number of hydrogen-bond donors (Lipinski definition) is 0. The Kier molecular flexibility index (Phi) is 6.79. The predicted molar refractivity (Wildman–Crippen MR) is 89.0 cm³/mol. The van der Waals surface area contributed by atoms with Crippen molar-refractivity contribution in [3.63, 3.8) is 0 Å². The first-order valence-corrected chi connectivity index (χ1v) is 7.99. The second-order valence-corrected chi connectivity index (χ2v) is 7.08. The number of aryl methyl sites for hydroxylation is 1. The number of rotatable bonds is 7. The Balaban J connectivity index is 2.31. The van der Waals surface area contributed by atoms with Gasteiger partial charge in [0.15, 0.2) is 5.78 Å². The van der Waals surface area contributed by atoms with Crippen LogP contribution in [0, 0.1) is 12.8 Å². The molecule has 0 saturated carbocycles. The van der Waals surface area contributed by atoms with Gasteiger partial charge in [-0.25, -0.2) is 0 Å². The van der Waals surface area contributed by atoms with E-state index in [4.69, 9.17) is 4.74 Å². The zero-order chi connectivity index (χ0) is 16.8. The van der Waals surface area contributed by atoms with Crippen LogP contribution < -0.4 is 0 Å². The summed E-state index contributed by atoms with van der Waals surface area (Å²) >= 11 is 0. The van der Waals surface area contributed by atoms with Gasteiger partial charge >= 0.3 is 5.97 Å². The summed E-state index contributed by atoms with van der Waals surface area (Å²) < 4.78 is 5.28. The predicted octanol–water partition coefficient (Wildman–Crippen LogP) is 4.72. The maximum atomic E-state index is 12.2. The van der Waals surface area contributed by atoms with Crippen LogP contribution in [0.3, 0.4) is 0 Å². The summed E-state index contributed by atoms with van der Waals surface area (Å²) in [5.74, 6) is 0.283. The van der Waals surface area contributed by atoms with Crippen LogP contribution in [-0.4, -0.2) is 17.4 Å². The molecule has 0 heterocycles. The molecule has 0 saturated heterocycles. The Morgan fingerprint density at radius 2 is 1.73 bits per heavy atom. The molecular weight excluding hydrogens is 276 g/mol. The Bertz CT molecular complexity index is 494. The van der Waals surface area contributed by atoms with Crippen LogP contribution in [0.5, 0.6) is 0 Å². The van der Waals surface area contributed by atoms with Crippen molar-refractivity contribution in [2.24, 2.45) is 5.92 Å². The summed E-state index contributed by atoms with van der Waals surface area (Å²) in [6.07, 6.45) is 2.56. The van der Waals surface area contributed by atoms with Crippen molar-refractivity contribution in [1.29, 1.82) is 0 Å². The standard InChI is InChI=1S/C19H28O3/c1-14-9-11-16(12-10-14)17(20)13-15(2)7-6-8-18(21)22-19(3,4)5/h9-12,15H,6-8,13H2,1-5H3. The van der Waals surface area contributed by atoms with Gasteiger partial charge in [0.25, 0.3) is 0 Å². The lowest BCUT2D eigenvalue weighted by Gasteiger charge is -2.19. The molecule has 0 bridgehead atoms. The third kappa shape index (κ3) is 7.39. The van der Waals surface area contributed by atoms with E-state index < -0.39 is 5.60 Å². The first-order valence-electron chi connectivity index (χ1n) is 7.99. The van der Waals surface area contributed by atoms with E-state index in [9.17, 15) is 9.59 Å². The third-order valence-electron chi connectivity index (χ3n) is 3.41. The van der Waals surface area contributed by atoms with Gasteiger partial charge in [0.1, 0.15) is 5.60 Å². The maximum Gasteiger partial charge on any atom is 0.306 e. The second kappa shape index (κ2) is 8.11. The van der Waals surface area contributed by atoms with E-state index in [1.807, 2.05) is 52.0 Å². The molecule has 0 aliphatic heterocycles. The molecule has 0 aliphatic carbocycles. The summed E-state index contributed by atoms with van der Waals surface area (Å²) in [6.45, 7) is 9.67. The SMILES string of the molecule is Cc1ccc(C(=O)CC(C)CCCC(=O)OC(C)(C)C)cc1. The van der Waals surface area contributed by atoms with Gasteiger partial charge in [0.2, 0.25) is 0 Å². The number of carbonyl (C=O) groups excluding carboxylic acids is 2. The molecule has 3 heteroatoms. The number of ether oxygens (including phenoxy) is 1. The van der Waals surface area contributed by atoms with Gasteiger partial charge in [0.05, 0.1) is 0 Å². The first kappa shape index (κ1) is 18.4. The molecule has 0 aromatic heterocycles. The minimum atomic E-state index is -0.426. The molecule has 0 spiro atoms. The van der Waals surface area contributed by atoms with E-state index in [0.29, 0.717) is 12.8 Å². The highest BCUT2D eigenvalue weighted by Gasteiger charge is 2.17. The molecule has 0 aliphatic rings. The average molecular weight is 304 g/mol. The van der Waals surface area contributed by atoms with Gasteiger partial charge in [-0.1, -0.05) is 36.8 Å². The van der Waals surface area contributed by atoms with Gasteiger partial charge in [-0.15, -0.1) is 0 Å². The normalized spacial score (nSPS) is 12.8. The van der Waals surface area contributed by atoms with E-state index in [0.717, 1.165) is 24.0 Å². The van der Waals surface area contributed by atoms with Crippen LogP contribution in [0.25, 0.3) is 0 Å². The fourth-order valence-corrected chi connectivity index (χ4v) is 2.26. The summed E-state index contributed by atoms with van der Waals surface area (Å²) in [5.41, 5.74) is 1.50. The lowest BCUT2D eigenvalue weighted by Crippen LogP contribution is -2.23. The van der Waals surface area contributed by atoms with Gasteiger partial charge < -0.3 is 4.74 Å².